The third-order valence-electron chi connectivity index (χ3n) is 5.78. The first-order valence-corrected chi connectivity index (χ1v) is 11.4. The minimum Gasteiger partial charge on any atom is -0.488 e. The summed E-state index contributed by atoms with van der Waals surface area (Å²) >= 11 is 6.22. The Morgan fingerprint density at radius 3 is 2.58 bits per heavy atom. The van der Waals surface area contributed by atoms with Gasteiger partial charge in [0.1, 0.15) is 18.2 Å². The fourth-order valence-corrected chi connectivity index (χ4v) is 4.08. The first-order valence-electron chi connectivity index (χ1n) is 11.0. The van der Waals surface area contributed by atoms with Crippen molar-refractivity contribution >= 4 is 29.2 Å². The van der Waals surface area contributed by atoms with Crippen LogP contribution in [0.25, 0.3) is 0 Å². The Morgan fingerprint density at radius 1 is 1.09 bits per heavy atom. The van der Waals surface area contributed by atoms with Gasteiger partial charge in [0.25, 0.3) is 5.91 Å². The standard InChI is InChI=1S/C26H26ClN3O3/c1-18-10-13-28-24(16-18)29-25(31)19-11-14-30(15-12-19)26(32)21-7-3-5-9-23(21)33-17-20-6-2-4-8-22(20)27/h2-10,13,16,19H,11-12,14-15,17H2,1H3,(H,28,29,31). The first-order chi connectivity index (χ1) is 16.0. The normalized spacial score (nSPS) is 14.1. The van der Waals surface area contributed by atoms with Crippen LogP contribution in [0.2, 0.25) is 5.02 Å². The summed E-state index contributed by atoms with van der Waals surface area (Å²) in [6.07, 6.45) is 2.88. The van der Waals surface area contributed by atoms with E-state index in [2.05, 4.69) is 10.3 Å². The molecule has 0 aliphatic carbocycles. The van der Waals surface area contributed by atoms with Gasteiger partial charge in [-0.15, -0.1) is 0 Å². The number of benzene rings is 2. The number of nitrogens with one attached hydrogen (secondary N) is 1. The number of piperidine rings is 1. The molecular formula is C26H26ClN3O3. The molecule has 33 heavy (non-hydrogen) atoms. The highest BCUT2D eigenvalue weighted by molar-refractivity contribution is 6.31. The molecule has 4 rings (SSSR count). The van der Waals surface area contributed by atoms with Gasteiger partial charge >= 0.3 is 0 Å². The lowest BCUT2D eigenvalue weighted by atomic mass is 9.95. The summed E-state index contributed by atoms with van der Waals surface area (Å²) in [4.78, 5) is 31.8. The van der Waals surface area contributed by atoms with Crippen molar-refractivity contribution < 1.29 is 14.3 Å². The third-order valence-corrected chi connectivity index (χ3v) is 6.15. The SMILES string of the molecule is Cc1ccnc(NC(=O)C2CCN(C(=O)c3ccccc3OCc3ccccc3Cl)CC2)c1. The summed E-state index contributed by atoms with van der Waals surface area (Å²) in [6, 6.07) is 18.4. The van der Waals surface area contributed by atoms with Crippen LogP contribution in [0.1, 0.15) is 34.3 Å². The number of hydrogen-bond donors (Lipinski definition) is 1. The second-order valence-electron chi connectivity index (χ2n) is 8.15. The van der Waals surface area contributed by atoms with Crippen LogP contribution in [0.3, 0.4) is 0 Å². The summed E-state index contributed by atoms with van der Waals surface area (Å²) in [5.41, 5.74) is 2.41. The first kappa shape index (κ1) is 22.8. The maximum absolute atomic E-state index is 13.2. The van der Waals surface area contributed by atoms with Crippen LogP contribution in [0, 0.1) is 12.8 Å². The number of pyridine rings is 1. The monoisotopic (exact) mass is 463 g/mol. The van der Waals surface area contributed by atoms with E-state index in [0.29, 0.717) is 48.1 Å². The van der Waals surface area contributed by atoms with E-state index in [1.165, 1.54) is 0 Å². The average Bonchev–Trinajstić information content (AvgIpc) is 2.83. The second-order valence-corrected chi connectivity index (χ2v) is 8.56. The Labute approximate surface area is 198 Å². The lowest BCUT2D eigenvalue weighted by Crippen LogP contribution is -2.41. The molecule has 0 saturated carbocycles. The van der Waals surface area contributed by atoms with Crippen molar-refractivity contribution in [3.8, 4) is 5.75 Å². The van der Waals surface area contributed by atoms with Crippen LogP contribution in [-0.4, -0.2) is 34.8 Å². The Kier molecular flexibility index (Phi) is 7.25. The molecule has 1 aliphatic heterocycles. The van der Waals surface area contributed by atoms with E-state index in [1.807, 2.05) is 55.5 Å². The molecular weight excluding hydrogens is 438 g/mol. The maximum atomic E-state index is 13.2. The topological polar surface area (TPSA) is 71.5 Å². The molecule has 7 heteroatoms. The van der Waals surface area contributed by atoms with Gasteiger partial charge in [-0.25, -0.2) is 4.98 Å². The summed E-state index contributed by atoms with van der Waals surface area (Å²) in [5, 5.41) is 3.52. The molecule has 1 saturated heterocycles. The number of aromatic nitrogens is 1. The van der Waals surface area contributed by atoms with E-state index in [1.54, 1.807) is 23.2 Å². The van der Waals surface area contributed by atoms with E-state index in [0.717, 1.165) is 11.1 Å². The Morgan fingerprint density at radius 2 is 1.82 bits per heavy atom. The van der Waals surface area contributed by atoms with Gasteiger partial charge in [0.15, 0.2) is 0 Å². The van der Waals surface area contributed by atoms with Crippen molar-refractivity contribution in [3.05, 3.63) is 88.6 Å². The molecule has 2 heterocycles. The van der Waals surface area contributed by atoms with E-state index < -0.39 is 0 Å². The lowest BCUT2D eigenvalue weighted by Gasteiger charge is -2.31. The maximum Gasteiger partial charge on any atom is 0.257 e. The van der Waals surface area contributed by atoms with Crippen LogP contribution in [0.4, 0.5) is 5.82 Å². The number of likely N-dealkylation sites (tertiary alicyclic amines) is 1. The van der Waals surface area contributed by atoms with Gasteiger partial charge in [-0.1, -0.05) is 41.9 Å². The van der Waals surface area contributed by atoms with Gasteiger partial charge in [-0.2, -0.15) is 0 Å². The molecule has 1 fully saturated rings. The number of para-hydroxylation sites is 1. The highest BCUT2D eigenvalue weighted by atomic mass is 35.5. The van der Waals surface area contributed by atoms with Crippen LogP contribution in [0.5, 0.6) is 5.75 Å². The van der Waals surface area contributed by atoms with Gasteiger partial charge in [0.2, 0.25) is 5.91 Å². The zero-order chi connectivity index (χ0) is 23.2. The highest BCUT2D eigenvalue weighted by Gasteiger charge is 2.29. The number of anilines is 1. The number of nitrogens with zero attached hydrogens (tertiary/aromatic N) is 2. The van der Waals surface area contributed by atoms with E-state index >= 15 is 0 Å². The van der Waals surface area contributed by atoms with Crippen molar-refractivity contribution in [3.63, 3.8) is 0 Å². The van der Waals surface area contributed by atoms with Crippen LogP contribution < -0.4 is 10.1 Å². The van der Waals surface area contributed by atoms with Gasteiger partial charge in [-0.3, -0.25) is 9.59 Å². The van der Waals surface area contributed by atoms with Crippen LogP contribution >= 0.6 is 11.6 Å². The minimum atomic E-state index is -0.150. The molecule has 6 nitrogen and oxygen atoms in total. The van der Waals surface area contributed by atoms with E-state index in [-0.39, 0.29) is 24.3 Å². The molecule has 0 radical (unpaired) electrons. The van der Waals surface area contributed by atoms with Crippen molar-refractivity contribution in [2.24, 2.45) is 5.92 Å². The number of hydrogen-bond acceptors (Lipinski definition) is 4. The van der Waals surface area contributed by atoms with Crippen molar-refractivity contribution in [2.45, 2.75) is 26.4 Å². The van der Waals surface area contributed by atoms with Crippen molar-refractivity contribution in [2.75, 3.05) is 18.4 Å². The summed E-state index contributed by atoms with van der Waals surface area (Å²) in [7, 11) is 0. The number of amides is 2. The quantitative estimate of drug-likeness (QED) is 0.551. The Hall–Kier alpha value is -3.38. The van der Waals surface area contributed by atoms with Crippen molar-refractivity contribution in [1.29, 1.82) is 0 Å². The summed E-state index contributed by atoms with van der Waals surface area (Å²) in [6.45, 7) is 3.25. The van der Waals surface area contributed by atoms with Gasteiger partial charge in [0.05, 0.1) is 5.56 Å². The average molecular weight is 464 g/mol. The second kappa shape index (κ2) is 10.5. The molecule has 2 amide bonds. The molecule has 3 aromatic rings. The molecule has 1 aliphatic rings. The van der Waals surface area contributed by atoms with Gasteiger partial charge < -0.3 is 15.0 Å². The summed E-state index contributed by atoms with van der Waals surface area (Å²) < 4.78 is 5.95. The van der Waals surface area contributed by atoms with Gasteiger partial charge in [-0.05, 0) is 55.7 Å². The fourth-order valence-electron chi connectivity index (χ4n) is 3.89. The zero-order valence-electron chi connectivity index (χ0n) is 18.5. The largest absolute Gasteiger partial charge is 0.488 e. The molecule has 0 atom stereocenters. The molecule has 0 bridgehead atoms. The van der Waals surface area contributed by atoms with E-state index in [4.69, 9.17) is 16.3 Å². The Bertz CT molecular complexity index is 1140. The third kappa shape index (κ3) is 5.71. The number of ether oxygens (including phenoxy) is 1. The van der Waals surface area contributed by atoms with Crippen LogP contribution in [0.15, 0.2) is 66.9 Å². The Balaban J connectivity index is 1.36. The van der Waals surface area contributed by atoms with Crippen LogP contribution in [-0.2, 0) is 11.4 Å². The number of halogens is 1. The lowest BCUT2D eigenvalue weighted by molar-refractivity contribution is -0.121. The van der Waals surface area contributed by atoms with E-state index in [9.17, 15) is 9.59 Å². The highest BCUT2D eigenvalue weighted by Crippen LogP contribution is 2.26. The summed E-state index contributed by atoms with van der Waals surface area (Å²) in [5.74, 6) is 0.784. The molecule has 1 N–H and O–H groups in total. The predicted molar refractivity (Wildman–Crippen MR) is 128 cm³/mol. The zero-order valence-corrected chi connectivity index (χ0v) is 19.2. The molecule has 1 aromatic heterocycles. The molecule has 2 aromatic carbocycles. The minimum absolute atomic E-state index is 0.0522. The predicted octanol–water partition coefficient (Wildman–Crippen LogP) is 5.11. The van der Waals surface area contributed by atoms with Crippen molar-refractivity contribution in [1.82, 2.24) is 9.88 Å². The molecule has 0 unspecified atom stereocenters. The smallest absolute Gasteiger partial charge is 0.257 e. The number of rotatable bonds is 6. The molecule has 170 valence electrons. The fraction of sp³-hybridized carbons (Fsp3) is 0.269. The number of carbonyl (C=O) groups is 2. The number of aryl methyl sites for hydroxylation is 1. The molecule has 0 spiro atoms. The van der Waals surface area contributed by atoms with Gasteiger partial charge in [0, 0.05) is 35.8 Å². The number of carbonyl (C=O) groups excluding carboxylic acids is 2.